The number of hydrogen-bond acceptors (Lipinski definition) is 8. The summed E-state index contributed by atoms with van der Waals surface area (Å²) in [5, 5.41) is 2.59. The Labute approximate surface area is 237 Å². The van der Waals surface area contributed by atoms with Crippen molar-refractivity contribution < 1.29 is 28.6 Å². The molecule has 0 spiro atoms. The van der Waals surface area contributed by atoms with E-state index >= 15 is 0 Å². The summed E-state index contributed by atoms with van der Waals surface area (Å²) in [6, 6.07) is 21.1. The van der Waals surface area contributed by atoms with Crippen molar-refractivity contribution in [3.05, 3.63) is 83.9 Å². The smallest absolute Gasteiger partial charge is 0.338 e. The molecular formula is C30H31N3O6S. The van der Waals surface area contributed by atoms with Crippen molar-refractivity contribution in [2.75, 3.05) is 25.6 Å². The molecule has 1 saturated heterocycles. The van der Waals surface area contributed by atoms with E-state index in [1.54, 1.807) is 61.4 Å². The van der Waals surface area contributed by atoms with Crippen molar-refractivity contribution in [3.8, 4) is 11.5 Å². The van der Waals surface area contributed by atoms with Crippen molar-refractivity contribution in [1.29, 1.82) is 0 Å². The van der Waals surface area contributed by atoms with Gasteiger partial charge in [-0.15, -0.1) is 0 Å². The van der Waals surface area contributed by atoms with Crippen molar-refractivity contribution in [2.45, 2.75) is 32.1 Å². The third kappa shape index (κ3) is 7.41. The Hall–Kier alpha value is -4.31. The van der Waals surface area contributed by atoms with E-state index in [4.69, 9.17) is 19.2 Å². The lowest BCUT2D eigenvalue weighted by atomic mass is 10.2. The number of amides is 2. The van der Waals surface area contributed by atoms with Crippen LogP contribution in [-0.2, 0) is 20.9 Å². The number of esters is 1. The third-order valence-electron chi connectivity index (χ3n) is 5.95. The number of aliphatic imine (C=N–C) groups is 1. The normalized spacial score (nSPS) is 16.0. The maximum Gasteiger partial charge on any atom is 0.338 e. The molecule has 10 heteroatoms. The van der Waals surface area contributed by atoms with Crippen LogP contribution < -0.4 is 14.8 Å². The number of ether oxygens (including phenoxy) is 3. The minimum absolute atomic E-state index is 0.0125. The van der Waals surface area contributed by atoms with Crippen LogP contribution in [0.25, 0.3) is 0 Å². The van der Waals surface area contributed by atoms with E-state index in [-0.39, 0.29) is 31.4 Å². The quantitative estimate of drug-likeness (QED) is 0.329. The van der Waals surface area contributed by atoms with E-state index in [1.807, 2.05) is 37.3 Å². The van der Waals surface area contributed by atoms with Crippen LogP contribution in [-0.4, -0.2) is 53.4 Å². The number of anilines is 1. The van der Waals surface area contributed by atoms with Gasteiger partial charge in [0.2, 0.25) is 11.8 Å². The zero-order chi connectivity index (χ0) is 28.5. The fourth-order valence-electron chi connectivity index (χ4n) is 3.96. The third-order valence-corrected chi connectivity index (χ3v) is 7.14. The summed E-state index contributed by atoms with van der Waals surface area (Å²) in [5.74, 6) is 0.409. The Balaban J connectivity index is 1.58. The standard InChI is InChI=1S/C30H31N3O6S/c1-4-38-25-8-6-7-23(17-25)31-28(35)26-18-27(34)33(19-20-9-15-24(37-3)16-10-20)30(40-26)32-22-13-11-21(12-14-22)29(36)39-5-2/h6-17,26H,4-5,18-19H2,1-3H3,(H,31,35)/t26-/m0/s1. The molecule has 2 amide bonds. The number of methoxy groups -OCH3 is 1. The highest BCUT2D eigenvalue weighted by Gasteiger charge is 2.36. The zero-order valence-corrected chi connectivity index (χ0v) is 23.4. The Morgan fingerprint density at radius 3 is 2.42 bits per heavy atom. The predicted molar refractivity (Wildman–Crippen MR) is 155 cm³/mol. The minimum atomic E-state index is -0.687. The number of carbonyl (C=O) groups is 3. The number of carbonyl (C=O) groups excluding carboxylic acids is 3. The number of nitrogens with one attached hydrogen (secondary N) is 1. The maximum atomic E-state index is 13.4. The summed E-state index contributed by atoms with van der Waals surface area (Å²) in [4.78, 5) is 44.9. The van der Waals surface area contributed by atoms with Crippen LogP contribution in [0, 0.1) is 0 Å². The molecule has 1 aliphatic heterocycles. The van der Waals surface area contributed by atoms with Crippen molar-refractivity contribution in [2.24, 2.45) is 4.99 Å². The SMILES string of the molecule is CCOC(=O)c1ccc(N=C2S[C@H](C(=O)Nc3cccc(OCC)c3)CC(=O)N2Cc2ccc(OC)cc2)cc1. The second kappa shape index (κ2) is 13.7. The van der Waals surface area contributed by atoms with E-state index in [9.17, 15) is 14.4 Å². The van der Waals surface area contributed by atoms with Crippen molar-refractivity contribution in [3.63, 3.8) is 0 Å². The molecule has 40 heavy (non-hydrogen) atoms. The highest BCUT2D eigenvalue weighted by molar-refractivity contribution is 8.15. The monoisotopic (exact) mass is 561 g/mol. The summed E-state index contributed by atoms with van der Waals surface area (Å²) in [6.07, 6.45) is 0.0125. The van der Waals surface area contributed by atoms with Gasteiger partial charge in [-0.3, -0.25) is 14.5 Å². The van der Waals surface area contributed by atoms with Crippen molar-refractivity contribution in [1.82, 2.24) is 4.90 Å². The molecule has 208 valence electrons. The zero-order valence-electron chi connectivity index (χ0n) is 22.6. The topological polar surface area (TPSA) is 107 Å². The van der Waals surface area contributed by atoms with Gasteiger partial charge in [-0.2, -0.15) is 0 Å². The Morgan fingerprint density at radius 2 is 1.75 bits per heavy atom. The predicted octanol–water partition coefficient (Wildman–Crippen LogP) is 5.43. The number of amidine groups is 1. The average molecular weight is 562 g/mol. The molecule has 3 aromatic carbocycles. The Morgan fingerprint density at radius 1 is 1.00 bits per heavy atom. The number of nitrogens with zero attached hydrogens (tertiary/aromatic N) is 2. The number of hydrogen-bond donors (Lipinski definition) is 1. The Kier molecular flexibility index (Phi) is 9.80. The minimum Gasteiger partial charge on any atom is -0.497 e. The van der Waals surface area contributed by atoms with E-state index in [1.165, 1.54) is 11.8 Å². The van der Waals surface area contributed by atoms with Crippen LogP contribution in [0.1, 0.15) is 36.2 Å². The molecule has 1 N–H and O–H groups in total. The molecule has 0 unspecified atom stereocenters. The summed E-state index contributed by atoms with van der Waals surface area (Å²) in [5.41, 5.74) is 2.40. The van der Waals surface area contributed by atoms with Gasteiger partial charge < -0.3 is 19.5 Å². The summed E-state index contributed by atoms with van der Waals surface area (Å²) in [6.45, 7) is 4.70. The van der Waals surface area contributed by atoms with Gasteiger partial charge in [0.05, 0.1) is 38.1 Å². The van der Waals surface area contributed by atoms with Crippen LogP contribution in [0.2, 0.25) is 0 Å². The fraction of sp³-hybridized carbons (Fsp3) is 0.267. The molecule has 0 aliphatic carbocycles. The largest absolute Gasteiger partial charge is 0.497 e. The van der Waals surface area contributed by atoms with Gasteiger partial charge in [0.15, 0.2) is 5.17 Å². The van der Waals surface area contributed by atoms with E-state index in [2.05, 4.69) is 5.32 Å². The number of rotatable bonds is 10. The molecule has 1 atom stereocenters. The second-order valence-corrected chi connectivity index (χ2v) is 9.92. The molecule has 4 rings (SSSR count). The molecule has 1 heterocycles. The van der Waals surface area contributed by atoms with Gasteiger partial charge in [0, 0.05) is 18.2 Å². The maximum absolute atomic E-state index is 13.4. The first kappa shape index (κ1) is 28.7. The van der Waals surface area contributed by atoms with Gasteiger partial charge in [-0.05, 0) is 67.9 Å². The summed E-state index contributed by atoms with van der Waals surface area (Å²) < 4.78 is 15.8. The number of thioether (sulfide) groups is 1. The molecule has 1 aliphatic rings. The summed E-state index contributed by atoms with van der Waals surface area (Å²) in [7, 11) is 1.59. The van der Waals surface area contributed by atoms with Crippen LogP contribution >= 0.6 is 11.8 Å². The molecule has 1 fully saturated rings. The van der Waals surface area contributed by atoms with Gasteiger partial charge >= 0.3 is 5.97 Å². The lowest BCUT2D eigenvalue weighted by Gasteiger charge is -2.32. The van der Waals surface area contributed by atoms with Crippen LogP contribution in [0.3, 0.4) is 0 Å². The van der Waals surface area contributed by atoms with Crippen LogP contribution in [0.15, 0.2) is 77.8 Å². The first-order valence-electron chi connectivity index (χ1n) is 12.9. The summed E-state index contributed by atoms with van der Waals surface area (Å²) >= 11 is 1.22. The molecule has 0 radical (unpaired) electrons. The molecule has 0 bridgehead atoms. The molecular weight excluding hydrogens is 530 g/mol. The Bertz CT molecular complexity index is 1370. The molecule has 0 aromatic heterocycles. The number of benzene rings is 3. The second-order valence-electron chi connectivity index (χ2n) is 8.75. The average Bonchev–Trinajstić information content (AvgIpc) is 2.96. The first-order chi connectivity index (χ1) is 19.4. The highest BCUT2D eigenvalue weighted by atomic mass is 32.2. The van der Waals surface area contributed by atoms with E-state index < -0.39 is 11.2 Å². The van der Waals surface area contributed by atoms with Crippen LogP contribution in [0.5, 0.6) is 11.5 Å². The lowest BCUT2D eigenvalue weighted by Crippen LogP contribution is -2.44. The fourth-order valence-corrected chi connectivity index (χ4v) is 5.06. The lowest BCUT2D eigenvalue weighted by molar-refractivity contribution is -0.129. The van der Waals surface area contributed by atoms with E-state index in [0.717, 1.165) is 5.56 Å². The molecule has 0 saturated carbocycles. The first-order valence-corrected chi connectivity index (χ1v) is 13.8. The van der Waals surface area contributed by atoms with Gasteiger partial charge in [-0.1, -0.05) is 30.0 Å². The molecule has 3 aromatic rings. The van der Waals surface area contributed by atoms with Gasteiger partial charge in [0.25, 0.3) is 0 Å². The molecule has 9 nitrogen and oxygen atoms in total. The van der Waals surface area contributed by atoms with Gasteiger partial charge in [-0.25, -0.2) is 9.79 Å². The van der Waals surface area contributed by atoms with Gasteiger partial charge in [0.1, 0.15) is 16.7 Å². The highest BCUT2D eigenvalue weighted by Crippen LogP contribution is 2.32. The van der Waals surface area contributed by atoms with Crippen molar-refractivity contribution >= 4 is 46.1 Å². The van der Waals surface area contributed by atoms with E-state index in [0.29, 0.717) is 40.2 Å². The van der Waals surface area contributed by atoms with Crippen LogP contribution in [0.4, 0.5) is 11.4 Å².